The number of aromatic hydroxyl groups is 1. The van der Waals surface area contributed by atoms with Gasteiger partial charge in [0.2, 0.25) is 0 Å². The van der Waals surface area contributed by atoms with E-state index in [-0.39, 0.29) is 16.5 Å². The van der Waals surface area contributed by atoms with E-state index in [9.17, 15) is 15.0 Å². The Morgan fingerprint density at radius 3 is 2.68 bits per heavy atom. The molecule has 0 bridgehead atoms. The number of para-hydroxylation sites is 2. The lowest BCUT2D eigenvalue weighted by Gasteiger charge is -2.04. The number of carboxylic acids is 1. The number of carbonyl (C=O) groups is 1. The zero-order chi connectivity index (χ0) is 14.0. The SMILES string of the molecule is CCCc1nn(-c2ccccc2O)c(Cl)c1C(=O)O. The highest BCUT2D eigenvalue weighted by Gasteiger charge is 2.23. The number of hydrogen-bond acceptors (Lipinski definition) is 3. The number of benzene rings is 1. The highest BCUT2D eigenvalue weighted by Crippen LogP contribution is 2.28. The molecular weight excluding hydrogens is 268 g/mol. The normalized spacial score (nSPS) is 10.6. The maximum atomic E-state index is 11.2. The first-order valence-electron chi connectivity index (χ1n) is 5.85. The molecule has 0 aliphatic carbocycles. The van der Waals surface area contributed by atoms with Gasteiger partial charge in [0.15, 0.2) is 0 Å². The molecule has 0 saturated heterocycles. The van der Waals surface area contributed by atoms with Gasteiger partial charge in [-0.2, -0.15) is 5.10 Å². The molecule has 100 valence electrons. The molecule has 0 spiro atoms. The van der Waals surface area contributed by atoms with Crippen molar-refractivity contribution in [1.82, 2.24) is 9.78 Å². The number of aromatic carboxylic acids is 1. The van der Waals surface area contributed by atoms with Crippen LogP contribution in [0, 0.1) is 0 Å². The van der Waals surface area contributed by atoms with Crippen molar-refractivity contribution in [3.63, 3.8) is 0 Å². The van der Waals surface area contributed by atoms with Crippen LogP contribution in [0.2, 0.25) is 5.15 Å². The molecular formula is C13H13ClN2O3. The van der Waals surface area contributed by atoms with Gasteiger partial charge in [-0.05, 0) is 18.6 Å². The zero-order valence-electron chi connectivity index (χ0n) is 10.3. The van der Waals surface area contributed by atoms with E-state index in [1.807, 2.05) is 6.92 Å². The first-order valence-corrected chi connectivity index (χ1v) is 6.23. The van der Waals surface area contributed by atoms with E-state index >= 15 is 0 Å². The molecule has 1 aromatic heterocycles. The molecule has 0 atom stereocenters. The van der Waals surface area contributed by atoms with Gasteiger partial charge in [0.05, 0.1) is 5.69 Å². The summed E-state index contributed by atoms with van der Waals surface area (Å²) in [5, 5.41) is 23.2. The third kappa shape index (κ3) is 2.42. The molecule has 2 aromatic rings. The molecule has 0 aliphatic rings. The van der Waals surface area contributed by atoms with Crippen LogP contribution < -0.4 is 0 Å². The summed E-state index contributed by atoms with van der Waals surface area (Å²) in [5.74, 6) is -1.12. The number of halogens is 1. The van der Waals surface area contributed by atoms with Crippen molar-refractivity contribution in [2.75, 3.05) is 0 Å². The molecule has 2 N–H and O–H groups in total. The Hall–Kier alpha value is -2.01. The summed E-state index contributed by atoms with van der Waals surface area (Å²) < 4.78 is 1.26. The lowest BCUT2D eigenvalue weighted by atomic mass is 10.2. The minimum Gasteiger partial charge on any atom is -0.506 e. The summed E-state index contributed by atoms with van der Waals surface area (Å²) in [5.41, 5.74) is 0.771. The van der Waals surface area contributed by atoms with Gasteiger partial charge in [-0.25, -0.2) is 9.48 Å². The van der Waals surface area contributed by atoms with E-state index in [1.54, 1.807) is 18.2 Å². The lowest BCUT2D eigenvalue weighted by molar-refractivity contribution is 0.0696. The second kappa shape index (κ2) is 5.32. The van der Waals surface area contributed by atoms with Gasteiger partial charge in [-0.3, -0.25) is 0 Å². The highest BCUT2D eigenvalue weighted by atomic mass is 35.5. The van der Waals surface area contributed by atoms with Gasteiger partial charge in [0, 0.05) is 0 Å². The summed E-state index contributed by atoms with van der Waals surface area (Å²) >= 11 is 6.08. The number of nitrogens with zero attached hydrogens (tertiary/aromatic N) is 2. The molecule has 0 unspecified atom stereocenters. The zero-order valence-corrected chi connectivity index (χ0v) is 11.1. The molecule has 2 rings (SSSR count). The van der Waals surface area contributed by atoms with E-state index in [1.165, 1.54) is 10.7 Å². The van der Waals surface area contributed by atoms with Crippen molar-refractivity contribution >= 4 is 17.6 Å². The van der Waals surface area contributed by atoms with E-state index in [0.29, 0.717) is 17.8 Å². The summed E-state index contributed by atoms with van der Waals surface area (Å²) in [6.45, 7) is 1.93. The Morgan fingerprint density at radius 2 is 2.11 bits per heavy atom. The second-order valence-corrected chi connectivity index (χ2v) is 4.43. The number of rotatable bonds is 4. The fourth-order valence-corrected chi connectivity index (χ4v) is 2.18. The summed E-state index contributed by atoms with van der Waals surface area (Å²) in [4.78, 5) is 11.2. The Balaban J connectivity index is 2.63. The standard InChI is InChI=1S/C13H13ClN2O3/c1-2-5-8-11(13(18)19)12(14)16(15-8)9-6-3-4-7-10(9)17/h3-4,6-7,17H,2,5H2,1H3,(H,18,19). The van der Waals surface area contributed by atoms with Gasteiger partial charge in [-0.1, -0.05) is 37.1 Å². The van der Waals surface area contributed by atoms with Crippen LogP contribution in [0.25, 0.3) is 5.69 Å². The van der Waals surface area contributed by atoms with Crippen molar-refractivity contribution in [2.24, 2.45) is 0 Å². The maximum absolute atomic E-state index is 11.2. The van der Waals surface area contributed by atoms with Crippen LogP contribution in [0.5, 0.6) is 5.75 Å². The topological polar surface area (TPSA) is 75.3 Å². The fraction of sp³-hybridized carbons (Fsp3) is 0.231. The largest absolute Gasteiger partial charge is 0.506 e. The number of carboxylic acid groups (broad SMARTS) is 1. The summed E-state index contributed by atoms with van der Waals surface area (Å²) in [6, 6.07) is 6.50. The molecule has 19 heavy (non-hydrogen) atoms. The Bertz CT molecular complexity index is 622. The van der Waals surface area contributed by atoms with Gasteiger partial charge in [-0.15, -0.1) is 0 Å². The minimum absolute atomic E-state index is 0.00236. The molecule has 0 saturated carbocycles. The Morgan fingerprint density at radius 1 is 1.42 bits per heavy atom. The molecule has 0 aliphatic heterocycles. The third-order valence-corrected chi connectivity index (χ3v) is 3.06. The van der Waals surface area contributed by atoms with Crippen molar-refractivity contribution < 1.29 is 15.0 Å². The van der Waals surface area contributed by atoms with Gasteiger partial charge in [0.25, 0.3) is 0 Å². The second-order valence-electron chi connectivity index (χ2n) is 4.07. The minimum atomic E-state index is -1.12. The average molecular weight is 281 g/mol. The average Bonchev–Trinajstić information content (AvgIpc) is 2.67. The number of aromatic nitrogens is 2. The predicted octanol–water partition coefficient (Wildman–Crippen LogP) is 2.88. The van der Waals surface area contributed by atoms with E-state index in [0.717, 1.165) is 6.42 Å². The summed E-state index contributed by atoms with van der Waals surface area (Å²) in [6.07, 6.45) is 1.27. The van der Waals surface area contributed by atoms with E-state index in [4.69, 9.17) is 11.6 Å². The number of phenols is 1. The van der Waals surface area contributed by atoms with Crippen molar-refractivity contribution in [3.05, 3.63) is 40.7 Å². The smallest absolute Gasteiger partial charge is 0.340 e. The highest BCUT2D eigenvalue weighted by molar-refractivity contribution is 6.33. The lowest BCUT2D eigenvalue weighted by Crippen LogP contribution is -2.00. The molecule has 0 radical (unpaired) electrons. The Labute approximate surface area is 115 Å². The number of phenolic OH excluding ortho intramolecular Hbond substituents is 1. The van der Waals surface area contributed by atoms with Crippen LogP contribution in [0.4, 0.5) is 0 Å². The molecule has 5 nitrogen and oxygen atoms in total. The first-order chi connectivity index (χ1) is 9.06. The van der Waals surface area contributed by atoms with Crippen LogP contribution in [0.3, 0.4) is 0 Å². The fourth-order valence-electron chi connectivity index (χ4n) is 1.87. The first kappa shape index (κ1) is 13.4. The molecule has 1 aromatic carbocycles. The van der Waals surface area contributed by atoms with Gasteiger partial charge < -0.3 is 10.2 Å². The molecule has 0 fully saturated rings. The monoisotopic (exact) mass is 280 g/mol. The molecule has 6 heteroatoms. The Kier molecular flexibility index (Phi) is 3.76. The van der Waals surface area contributed by atoms with Crippen molar-refractivity contribution in [1.29, 1.82) is 0 Å². The van der Waals surface area contributed by atoms with Crippen LogP contribution in [0.15, 0.2) is 24.3 Å². The predicted molar refractivity (Wildman–Crippen MR) is 71.2 cm³/mol. The van der Waals surface area contributed by atoms with Crippen molar-refractivity contribution in [3.8, 4) is 11.4 Å². The number of hydrogen-bond donors (Lipinski definition) is 2. The maximum Gasteiger partial charge on any atom is 0.340 e. The van der Waals surface area contributed by atoms with Gasteiger partial charge in [0.1, 0.15) is 22.2 Å². The molecule has 1 heterocycles. The van der Waals surface area contributed by atoms with Crippen molar-refractivity contribution in [2.45, 2.75) is 19.8 Å². The van der Waals surface area contributed by atoms with E-state index in [2.05, 4.69) is 5.10 Å². The van der Waals surface area contributed by atoms with Crippen LogP contribution in [-0.4, -0.2) is 26.0 Å². The quantitative estimate of drug-likeness (QED) is 0.903. The van der Waals surface area contributed by atoms with Crippen LogP contribution in [0.1, 0.15) is 29.4 Å². The third-order valence-electron chi connectivity index (χ3n) is 2.71. The van der Waals surface area contributed by atoms with Crippen LogP contribution >= 0.6 is 11.6 Å². The number of aryl methyl sites for hydroxylation is 1. The molecule has 0 amide bonds. The summed E-state index contributed by atoms with van der Waals surface area (Å²) in [7, 11) is 0. The van der Waals surface area contributed by atoms with Gasteiger partial charge >= 0.3 is 5.97 Å². The van der Waals surface area contributed by atoms with Crippen LogP contribution in [-0.2, 0) is 6.42 Å². The van der Waals surface area contributed by atoms with E-state index < -0.39 is 5.97 Å².